The molecule has 2 nitrogen and oxygen atoms in total. The van der Waals surface area contributed by atoms with E-state index in [1.54, 1.807) is 5.94 Å². The van der Waals surface area contributed by atoms with Crippen LogP contribution in [0.2, 0.25) is 0 Å². The van der Waals surface area contributed by atoms with Crippen LogP contribution in [-0.4, -0.2) is 24.9 Å². The second-order valence-corrected chi connectivity index (χ2v) is 2.21. The highest BCUT2D eigenvalue weighted by Gasteiger charge is 1.89. The van der Waals surface area contributed by atoms with Crippen molar-refractivity contribution < 1.29 is 4.79 Å². The van der Waals surface area contributed by atoms with E-state index in [0.717, 1.165) is 0 Å². The number of hydrogen-bond donors (Lipinski definition) is 1. The summed E-state index contributed by atoms with van der Waals surface area (Å²) in [6, 6.07) is 0. The Balaban J connectivity index is 3.17. The van der Waals surface area contributed by atoms with Gasteiger partial charge in [0, 0.05) is 19.0 Å². The maximum Gasteiger partial charge on any atom is 0.141 e. The van der Waals surface area contributed by atoms with Gasteiger partial charge in [0.2, 0.25) is 0 Å². The van der Waals surface area contributed by atoms with Crippen molar-refractivity contribution in [1.29, 1.82) is 0 Å². The fourth-order valence-corrected chi connectivity index (χ4v) is 0.529. The van der Waals surface area contributed by atoms with E-state index in [0.29, 0.717) is 19.0 Å². The number of halogens is 2. The Morgan fingerprint density at radius 1 is 1.67 bits per heavy atom. The predicted molar refractivity (Wildman–Crippen MR) is 38.6 cm³/mol. The summed E-state index contributed by atoms with van der Waals surface area (Å²) in [6.07, 6.45) is 0. The smallest absolute Gasteiger partial charge is 0.141 e. The van der Waals surface area contributed by atoms with Crippen LogP contribution in [0.4, 0.5) is 0 Å². The quantitative estimate of drug-likeness (QED) is 0.381. The minimum atomic E-state index is 0.153. The zero-order chi connectivity index (χ0) is 7.11. The third-order valence-electron chi connectivity index (χ3n) is 0.662. The fourth-order valence-electron chi connectivity index (χ4n) is 0.301. The van der Waals surface area contributed by atoms with Crippen LogP contribution < -0.4 is 5.32 Å². The molecule has 0 saturated heterocycles. The summed E-state index contributed by atoms with van der Waals surface area (Å²) in [6.45, 7) is 1.01. The second-order valence-electron chi connectivity index (χ2n) is 1.37. The Hall–Kier alpha value is -0.0100. The lowest BCUT2D eigenvalue weighted by atomic mass is 10.6. The maximum atomic E-state index is 9.73. The zero-order valence-corrected chi connectivity index (χ0v) is 6.30. The normalized spacial score (nSPS) is 8.67. The van der Waals surface area contributed by atoms with Gasteiger partial charge in [-0.1, -0.05) is 11.6 Å². The van der Waals surface area contributed by atoms with Gasteiger partial charge in [-0.25, -0.2) is 4.79 Å². The molecule has 1 N–H and O–H groups in total. The van der Waals surface area contributed by atoms with Crippen molar-refractivity contribution >= 4 is 29.1 Å². The molecule has 4 heteroatoms. The summed E-state index contributed by atoms with van der Waals surface area (Å²) in [5.74, 6) is 2.07. The highest BCUT2D eigenvalue weighted by Crippen LogP contribution is 1.90. The average molecular weight is 168 g/mol. The van der Waals surface area contributed by atoms with Crippen molar-refractivity contribution in [3.05, 3.63) is 5.03 Å². The molecule has 52 valence electrons. The Kier molecular flexibility index (Phi) is 6.11. The molecule has 0 aliphatic rings. The van der Waals surface area contributed by atoms with Crippen LogP contribution in [-0.2, 0) is 4.79 Å². The van der Waals surface area contributed by atoms with Crippen LogP contribution in [0.5, 0.6) is 0 Å². The number of hydrogen-bond acceptors (Lipinski definition) is 2. The molecule has 0 heterocycles. The highest BCUT2D eigenvalue weighted by atomic mass is 35.5. The van der Waals surface area contributed by atoms with Crippen LogP contribution in [0.25, 0.3) is 0 Å². The van der Waals surface area contributed by atoms with Crippen LogP contribution >= 0.6 is 23.2 Å². The number of alkyl halides is 1. The van der Waals surface area contributed by atoms with E-state index >= 15 is 0 Å². The molecule has 0 aromatic heterocycles. The van der Waals surface area contributed by atoms with E-state index in [9.17, 15) is 4.79 Å². The van der Waals surface area contributed by atoms with E-state index in [2.05, 4.69) is 5.32 Å². The topological polar surface area (TPSA) is 29.1 Å². The Labute approximate surface area is 63.8 Å². The summed E-state index contributed by atoms with van der Waals surface area (Å²) in [7, 11) is 0. The van der Waals surface area contributed by atoms with Crippen LogP contribution in [0.3, 0.4) is 0 Å². The van der Waals surface area contributed by atoms with Crippen LogP contribution in [0.15, 0.2) is 5.03 Å². The van der Waals surface area contributed by atoms with E-state index in [4.69, 9.17) is 23.2 Å². The van der Waals surface area contributed by atoms with Crippen LogP contribution in [0.1, 0.15) is 0 Å². The third-order valence-corrected chi connectivity index (χ3v) is 1.06. The number of rotatable bonds is 4. The minimum absolute atomic E-state index is 0.153. The lowest BCUT2D eigenvalue weighted by Crippen LogP contribution is -2.17. The average Bonchev–Trinajstić information content (AvgIpc) is 1.89. The Morgan fingerprint density at radius 3 is 2.78 bits per heavy atom. The van der Waals surface area contributed by atoms with Gasteiger partial charge in [-0.15, -0.1) is 11.6 Å². The van der Waals surface area contributed by atoms with E-state index in [1.807, 2.05) is 0 Å². The van der Waals surface area contributed by atoms with Crippen molar-refractivity contribution in [2.75, 3.05) is 19.0 Å². The van der Waals surface area contributed by atoms with Crippen LogP contribution in [0, 0.1) is 0 Å². The van der Waals surface area contributed by atoms with Gasteiger partial charge in [0.25, 0.3) is 0 Å². The number of carbonyl (C=O) groups excluding carboxylic acids is 1. The van der Waals surface area contributed by atoms with Gasteiger partial charge in [-0.05, 0) is 0 Å². The molecule has 0 bridgehead atoms. The molecule has 0 rings (SSSR count). The molecule has 0 radical (unpaired) electrons. The van der Waals surface area contributed by atoms with Crippen molar-refractivity contribution in [2.45, 2.75) is 0 Å². The third kappa shape index (κ3) is 5.87. The molecule has 0 spiro atoms. The first-order valence-electron chi connectivity index (χ1n) is 2.47. The number of nitrogens with one attached hydrogen (secondary N) is 1. The first-order chi connectivity index (χ1) is 4.31. The molecular formula is C5H7Cl2NO. The summed E-state index contributed by atoms with van der Waals surface area (Å²) < 4.78 is 0. The second kappa shape index (κ2) is 6.12. The molecule has 0 aliphatic carbocycles. The monoisotopic (exact) mass is 167 g/mol. The minimum Gasteiger partial charge on any atom is -0.310 e. The lowest BCUT2D eigenvalue weighted by molar-refractivity contribution is 0.567. The standard InChI is InChI=1S/C5H7Cl2NO/c6-1-2-8-3-5(7)4-9/h8H,1-3H2. The molecule has 0 amide bonds. The summed E-state index contributed by atoms with van der Waals surface area (Å²) in [5, 5.41) is 2.98. The van der Waals surface area contributed by atoms with Crippen molar-refractivity contribution in [3.63, 3.8) is 0 Å². The molecule has 0 atom stereocenters. The van der Waals surface area contributed by atoms with Gasteiger partial charge in [0.15, 0.2) is 0 Å². The summed E-state index contributed by atoms with van der Waals surface area (Å²) in [4.78, 5) is 9.73. The molecule has 9 heavy (non-hydrogen) atoms. The lowest BCUT2D eigenvalue weighted by Gasteiger charge is -1.95. The molecule has 0 saturated carbocycles. The molecule has 0 unspecified atom stereocenters. The van der Waals surface area contributed by atoms with Gasteiger partial charge < -0.3 is 5.32 Å². The molecule has 0 aliphatic heterocycles. The van der Waals surface area contributed by atoms with Gasteiger partial charge >= 0.3 is 0 Å². The molecular weight excluding hydrogens is 161 g/mol. The van der Waals surface area contributed by atoms with Gasteiger partial charge in [0.05, 0.1) is 0 Å². The molecule has 0 aromatic carbocycles. The van der Waals surface area contributed by atoms with E-state index in [1.165, 1.54) is 0 Å². The highest BCUT2D eigenvalue weighted by molar-refractivity contribution is 6.33. The molecule has 0 fully saturated rings. The van der Waals surface area contributed by atoms with E-state index < -0.39 is 0 Å². The fraction of sp³-hybridized carbons (Fsp3) is 0.600. The van der Waals surface area contributed by atoms with Gasteiger partial charge in [0.1, 0.15) is 11.0 Å². The Morgan fingerprint density at radius 2 is 2.33 bits per heavy atom. The van der Waals surface area contributed by atoms with Crippen molar-refractivity contribution in [3.8, 4) is 0 Å². The van der Waals surface area contributed by atoms with Gasteiger partial charge in [-0.2, -0.15) is 0 Å². The SMILES string of the molecule is O=C=C(Cl)CNCCCl. The largest absolute Gasteiger partial charge is 0.310 e. The first-order valence-corrected chi connectivity index (χ1v) is 3.38. The van der Waals surface area contributed by atoms with E-state index in [-0.39, 0.29) is 5.03 Å². The van der Waals surface area contributed by atoms with Crippen molar-refractivity contribution in [2.24, 2.45) is 0 Å². The Bertz CT molecular complexity index is 120. The van der Waals surface area contributed by atoms with Gasteiger partial charge in [-0.3, -0.25) is 0 Å². The zero-order valence-electron chi connectivity index (χ0n) is 4.79. The predicted octanol–water partition coefficient (Wildman–Crippen LogP) is 0.769. The van der Waals surface area contributed by atoms with Crippen molar-refractivity contribution in [1.82, 2.24) is 5.32 Å². The first kappa shape index (κ1) is 8.99. The summed E-state index contributed by atoms with van der Waals surface area (Å²) in [5.41, 5.74) is 0. The molecule has 0 aromatic rings. The summed E-state index contributed by atoms with van der Waals surface area (Å²) >= 11 is 10.6. The maximum absolute atomic E-state index is 9.73.